The van der Waals surface area contributed by atoms with E-state index in [-0.39, 0.29) is 35.4 Å². The molecule has 2 aromatic carbocycles. The van der Waals surface area contributed by atoms with E-state index in [1.165, 1.54) is 17.0 Å². The molecule has 0 saturated heterocycles. The van der Waals surface area contributed by atoms with Gasteiger partial charge >= 0.3 is 0 Å². The van der Waals surface area contributed by atoms with Crippen LogP contribution >= 0.6 is 11.6 Å². The van der Waals surface area contributed by atoms with Gasteiger partial charge in [0.15, 0.2) is 0 Å². The van der Waals surface area contributed by atoms with Crippen LogP contribution in [0.4, 0.5) is 4.39 Å². The molecule has 0 heterocycles. The van der Waals surface area contributed by atoms with Crippen LogP contribution in [0.25, 0.3) is 0 Å². The molecule has 2 aromatic rings. The van der Waals surface area contributed by atoms with Crippen molar-refractivity contribution in [2.45, 2.75) is 58.7 Å². The van der Waals surface area contributed by atoms with Crippen LogP contribution in [0.1, 0.15) is 45.2 Å². The number of hydrogen-bond acceptors (Lipinski definition) is 3. The molecule has 2 amide bonds. The Balaban J connectivity index is 2.39. The SMILES string of the molecule is CC[C@@H](C(=O)NC(C)(C)C)N(Cc1cccc(OC)c1)C(=O)Cc1c(F)cccc1Cl. The van der Waals surface area contributed by atoms with E-state index in [1.54, 1.807) is 19.2 Å². The predicted molar refractivity (Wildman–Crippen MR) is 121 cm³/mol. The number of nitrogens with zero attached hydrogens (tertiary/aromatic N) is 1. The Morgan fingerprint density at radius 3 is 2.45 bits per heavy atom. The minimum atomic E-state index is -0.719. The molecule has 1 N–H and O–H groups in total. The van der Waals surface area contributed by atoms with Crippen LogP contribution in [0.3, 0.4) is 0 Å². The topological polar surface area (TPSA) is 58.6 Å². The Kier molecular flexibility index (Phi) is 8.45. The van der Waals surface area contributed by atoms with Crippen LogP contribution in [-0.2, 0) is 22.6 Å². The molecule has 7 heteroatoms. The molecular weight excluding hydrogens is 419 g/mol. The van der Waals surface area contributed by atoms with Gasteiger partial charge in [0.2, 0.25) is 11.8 Å². The maximum Gasteiger partial charge on any atom is 0.243 e. The number of carbonyl (C=O) groups is 2. The Hall–Kier alpha value is -2.60. The van der Waals surface area contributed by atoms with Gasteiger partial charge in [-0.1, -0.05) is 36.7 Å². The molecule has 0 unspecified atom stereocenters. The van der Waals surface area contributed by atoms with E-state index >= 15 is 0 Å². The number of halogens is 2. The number of hydrogen-bond donors (Lipinski definition) is 1. The second-order valence-electron chi connectivity index (χ2n) is 8.41. The highest BCUT2D eigenvalue weighted by atomic mass is 35.5. The summed E-state index contributed by atoms with van der Waals surface area (Å²) in [5, 5.41) is 3.13. The highest BCUT2D eigenvalue weighted by Gasteiger charge is 2.31. The summed E-state index contributed by atoms with van der Waals surface area (Å²) in [4.78, 5) is 27.8. The van der Waals surface area contributed by atoms with Gasteiger partial charge < -0.3 is 15.0 Å². The van der Waals surface area contributed by atoms with E-state index < -0.39 is 17.4 Å². The molecule has 31 heavy (non-hydrogen) atoms. The van der Waals surface area contributed by atoms with Crippen molar-refractivity contribution in [3.63, 3.8) is 0 Å². The first-order valence-electron chi connectivity index (χ1n) is 10.2. The van der Waals surface area contributed by atoms with Crippen LogP contribution in [0.2, 0.25) is 5.02 Å². The van der Waals surface area contributed by atoms with Crippen LogP contribution in [-0.4, -0.2) is 35.4 Å². The molecule has 0 aliphatic heterocycles. The van der Waals surface area contributed by atoms with E-state index in [0.29, 0.717) is 12.2 Å². The normalized spacial score (nSPS) is 12.2. The number of benzene rings is 2. The number of amides is 2. The summed E-state index contributed by atoms with van der Waals surface area (Å²) in [6, 6.07) is 10.9. The lowest BCUT2D eigenvalue weighted by Gasteiger charge is -2.33. The van der Waals surface area contributed by atoms with Crippen molar-refractivity contribution < 1.29 is 18.7 Å². The molecule has 0 aliphatic rings. The fraction of sp³-hybridized carbons (Fsp3) is 0.417. The molecule has 0 saturated carbocycles. The van der Waals surface area contributed by atoms with Gasteiger partial charge in [0, 0.05) is 22.7 Å². The molecule has 1 atom stereocenters. The highest BCUT2D eigenvalue weighted by molar-refractivity contribution is 6.31. The standard InChI is InChI=1S/C24H30ClFN2O3/c1-6-21(23(30)27-24(2,3)4)28(15-16-9-7-10-17(13-16)31-5)22(29)14-18-19(25)11-8-12-20(18)26/h7-13,21H,6,14-15H2,1-5H3,(H,27,30)/t21-/m0/s1. The zero-order chi connectivity index (χ0) is 23.2. The van der Waals surface area contributed by atoms with Gasteiger partial charge in [0.25, 0.3) is 0 Å². The fourth-order valence-electron chi connectivity index (χ4n) is 3.29. The first-order chi connectivity index (χ1) is 14.6. The van der Waals surface area contributed by atoms with E-state index in [4.69, 9.17) is 16.3 Å². The lowest BCUT2D eigenvalue weighted by Crippen LogP contribution is -2.53. The maximum atomic E-state index is 14.3. The first kappa shape index (κ1) is 24.7. The Labute approximate surface area is 188 Å². The number of carbonyl (C=O) groups excluding carboxylic acids is 2. The van der Waals surface area contributed by atoms with Gasteiger partial charge in [0.05, 0.1) is 13.5 Å². The summed E-state index contributed by atoms with van der Waals surface area (Å²) in [5.74, 6) is -0.541. The van der Waals surface area contributed by atoms with Gasteiger partial charge in [0.1, 0.15) is 17.6 Å². The zero-order valence-corrected chi connectivity index (χ0v) is 19.4. The molecule has 168 valence electrons. The van der Waals surface area contributed by atoms with Crippen molar-refractivity contribution in [2.75, 3.05) is 7.11 Å². The van der Waals surface area contributed by atoms with Crippen LogP contribution in [0.5, 0.6) is 5.75 Å². The second-order valence-corrected chi connectivity index (χ2v) is 8.82. The monoisotopic (exact) mass is 448 g/mol. The summed E-state index contributed by atoms with van der Waals surface area (Å²) in [5.41, 5.74) is 0.467. The molecular formula is C24H30ClFN2O3. The van der Waals surface area contributed by atoms with Crippen molar-refractivity contribution >= 4 is 23.4 Å². The average Bonchev–Trinajstić information content (AvgIpc) is 2.69. The summed E-state index contributed by atoms with van der Waals surface area (Å²) >= 11 is 6.13. The lowest BCUT2D eigenvalue weighted by molar-refractivity contribution is -0.141. The summed E-state index contributed by atoms with van der Waals surface area (Å²) in [7, 11) is 1.56. The third-order valence-electron chi connectivity index (χ3n) is 4.76. The minimum Gasteiger partial charge on any atom is -0.497 e. The number of nitrogens with one attached hydrogen (secondary N) is 1. The van der Waals surface area contributed by atoms with Crippen molar-refractivity contribution in [3.8, 4) is 5.75 Å². The molecule has 0 bridgehead atoms. The summed E-state index contributed by atoms with van der Waals surface area (Å²) < 4.78 is 19.6. The second kappa shape index (κ2) is 10.6. The quantitative estimate of drug-likeness (QED) is 0.633. The molecule has 5 nitrogen and oxygen atoms in total. The van der Waals surface area contributed by atoms with Crippen LogP contribution < -0.4 is 10.1 Å². The molecule has 0 spiro atoms. The van der Waals surface area contributed by atoms with E-state index in [2.05, 4.69) is 5.32 Å². The molecule has 0 radical (unpaired) electrons. The Morgan fingerprint density at radius 1 is 1.19 bits per heavy atom. The van der Waals surface area contributed by atoms with Gasteiger partial charge in [-0.2, -0.15) is 0 Å². The lowest BCUT2D eigenvalue weighted by atomic mass is 10.0. The maximum absolute atomic E-state index is 14.3. The predicted octanol–water partition coefficient (Wildman–Crippen LogP) is 4.75. The first-order valence-corrected chi connectivity index (χ1v) is 10.6. The Bertz CT molecular complexity index is 907. The molecule has 2 rings (SSSR count). The van der Waals surface area contributed by atoms with Crippen molar-refractivity contribution in [2.24, 2.45) is 0 Å². The smallest absolute Gasteiger partial charge is 0.243 e. The summed E-state index contributed by atoms with van der Waals surface area (Å²) in [6.07, 6.45) is 0.164. The van der Waals surface area contributed by atoms with Crippen molar-refractivity contribution in [1.29, 1.82) is 0 Å². The molecule has 0 aromatic heterocycles. The zero-order valence-electron chi connectivity index (χ0n) is 18.7. The van der Waals surface area contributed by atoms with Crippen molar-refractivity contribution in [3.05, 3.63) is 64.4 Å². The van der Waals surface area contributed by atoms with E-state index in [1.807, 2.05) is 45.9 Å². The minimum absolute atomic E-state index is 0.121. The van der Waals surface area contributed by atoms with Gasteiger partial charge in [-0.15, -0.1) is 0 Å². The third kappa shape index (κ3) is 6.96. The molecule has 0 aliphatic carbocycles. The third-order valence-corrected chi connectivity index (χ3v) is 5.11. The van der Waals surface area contributed by atoms with E-state index in [0.717, 1.165) is 5.56 Å². The summed E-state index contributed by atoms with van der Waals surface area (Å²) in [6.45, 7) is 7.66. The van der Waals surface area contributed by atoms with Gasteiger partial charge in [-0.25, -0.2) is 4.39 Å². The van der Waals surface area contributed by atoms with Crippen molar-refractivity contribution in [1.82, 2.24) is 10.2 Å². The van der Waals surface area contributed by atoms with Crippen LogP contribution in [0.15, 0.2) is 42.5 Å². The Morgan fingerprint density at radius 2 is 1.87 bits per heavy atom. The number of rotatable bonds is 8. The highest BCUT2D eigenvalue weighted by Crippen LogP contribution is 2.23. The van der Waals surface area contributed by atoms with E-state index in [9.17, 15) is 14.0 Å². The van der Waals surface area contributed by atoms with Gasteiger partial charge in [-0.05, 0) is 57.0 Å². The number of methoxy groups -OCH3 is 1. The fourth-order valence-corrected chi connectivity index (χ4v) is 3.52. The number of ether oxygens (including phenoxy) is 1. The van der Waals surface area contributed by atoms with Crippen LogP contribution in [0, 0.1) is 5.82 Å². The molecule has 0 fully saturated rings. The average molecular weight is 449 g/mol. The largest absolute Gasteiger partial charge is 0.497 e. The van der Waals surface area contributed by atoms with Gasteiger partial charge in [-0.3, -0.25) is 9.59 Å².